The van der Waals surface area contributed by atoms with E-state index in [1.807, 2.05) is 13.8 Å². The Bertz CT molecular complexity index is 1050. The van der Waals surface area contributed by atoms with Gasteiger partial charge in [0.05, 0.1) is 39.6 Å². The van der Waals surface area contributed by atoms with Crippen molar-refractivity contribution in [3.8, 4) is 23.0 Å². The number of Topliss-reactive ketones (excluding diaryl/α,β-unsaturated/α-hetero) is 1. The van der Waals surface area contributed by atoms with Crippen molar-refractivity contribution < 1.29 is 33.6 Å². The number of carbonyl (C=O) groups excluding carboxylic acids is 2. The zero-order chi connectivity index (χ0) is 24.3. The maximum absolute atomic E-state index is 12.9. The number of methoxy groups -OCH3 is 3. The molecule has 176 valence electrons. The third kappa shape index (κ3) is 4.60. The molecule has 1 aliphatic heterocycles. The number of aliphatic hydroxyl groups excluding tert-OH is 1. The lowest BCUT2D eigenvalue weighted by Gasteiger charge is -2.23. The van der Waals surface area contributed by atoms with Crippen LogP contribution in [0.2, 0.25) is 0 Å². The number of hydrogen-bond acceptors (Lipinski definition) is 7. The van der Waals surface area contributed by atoms with Crippen molar-refractivity contribution in [3.63, 3.8) is 0 Å². The Labute approximate surface area is 193 Å². The van der Waals surface area contributed by atoms with Gasteiger partial charge < -0.3 is 29.0 Å². The largest absolute Gasteiger partial charge is 0.507 e. The molecule has 1 atom stereocenters. The summed E-state index contributed by atoms with van der Waals surface area (Å²) in [6, 6.07) is 9.22. The second kappa shape index (κ2) is 9.85. The van der Waals surface area contributed by atoms with Crippen molar-refractivity contribution in [2.24, 2.45) is 5.92 Å². The van der Waals surface area contributed by atoms with Gasteiger partial charge in [0.1, 0.15) is 11.5 Å². The van der Waals surface area contributed by atoms with E-state index in [2.05, 4.69) is 0 Å². The van der Waals surface area contributed by atoms with Crippen LogP contribution in [0.4, 0.5) is 0 Å². The Morgan fingerprint density at radius 1 is 1.00 bits per heavy atom. The maximum atomic E-state index is 12.9. The van der Waals surface area contributed by atoms with Gasteiger partial charge in [-0.25, -0.2) is 0 Å². The number of nitrogens with zero attached hydrogens (tertiary/aromatic N) is 1. The Morgan fingerprint density at radius 3 is 2.06 bits per heavy atom. The Balaban J connectivity index is 2.09. The lowest BCUT2D eigenvalue weighted by molar-refractivity contribution is -0.139. The van der Waals surface area contributed by atoms with Crippen LogP contribution in [0.25, 0.3) is 5.76 Å². The van der Waals surface area contributed by atoms with E-state index >= 15 is 0 Å². The minimum absolute atomic E-state index is 0.0207. The number of hydrogen-bond donors (Lipinski definition) is 1. The molecule has 2 aromatic carbocycles. The van der Waals surface area contributed by atoms with E-state index in [9.17, 15) is 14.7 Å². The third-order valence-corrected chi connectivity index (χ3v) is 5.39. The van der Waals surface area contributed by atoms with E-state index in [-0.39, 0.29) is 11.3 Å². The topological polar surface area (TPSA) is 94.5 Å². The molecule has 1 fully saturated rings. The molecule has 0 radical (unpaired) electrons. The highest BCUT2D eigenvalue weighted by atomic mass is 16.5. The van der Waals surface area contributed by atoms with Crippen LogP contribution in [0.15, 0.2) is 42.0 Å². The number of rotatable bonds is 8. The SMILES string of the molecule is COc1cc(C2/C(=C(\O)c3ccc(OCC(C)C)cc3)C(=O)C(=O)N2C)cc(OC)c1OC. The molecule has 1 amide bonds. The lowest BCUT2D eigenvalue weighted by Crippen LogP contribution is -2.25. The van der Waals surface area contributed by atoms with Crippen LogP contribution in [0.3, 0.4) is 0 Å². The molecule has 0 aromatic heterocycles. The molecule has 0 bridgehead atoms. The molecule has 0 spiro atoms. The Kier molecular flexibility index (Phi) is 7.16. The highest BCUT2D eigenvalue weighted by Crippen LogP contribution is 2.45. The highest BCUT2D eigenvalue weighted by molar-refractivity contribution is 6.46. The fourth-order valence-corrected chi connectivity index (χ4v) is 3.72. The number of ether oxygens (including phenoxy) is 4. The molecule has 8 heteroatoms. The molecule has 8 nitrogen and oxygen atoms in total. The normalized spacial score (nSPS) is 17.4. The average molecular weight is 456 g/mol. The van der Waals surface area contributed by atoms with Crippen LogP contribution in [0, 0.1) is 5.92 Å². The standard InChI is InChI=1S/C25H29NO7/c1-14(2)13-33-17-9-7-15(8-10-17)22(27)20-21(26(3)25(29)23(20)28)16-11-18(30-4)24(32-6)19(12-16)31-5/h7-12,14,21,27H,13H2,1-6H3/b22-20+. The highest BCUT2D eigenvalue weighted by Gasteiger charge is 2.44. The molecule has 1 saturated heterocycles. The van der Waals surface area contributed by atoms with E-state index in [0.29, 0.717) is 46.6 Å². The van der Waals surface area contributed by atoms with Crippen LogP contribution < -0.4 is 18.9 Å². The molecule has 1 heterocycles. The van der Waals surface area contributed by atoms with E-state index in [4.69, 9.17) is 18.9 Å². The van der Waals surface area contributed by atoms with Gasteiger partial charge in [-0.1, -0.05) is 13.8 Å². The maximum Gasteiger partial charge on any atom is 0.295 e. The molecular weight excluding hydrogens is 426 g/mol. The van der Waals surface area contributed by atoms with E-state index in [1.165, 1.54) is 33.3 Å². The molecule has 1 unspecified atom stereocenters. The quantitative estimate of drug-likeness (QED) is 0.368. The summed E-state index contributed by atoms with van der Waals surface area (Å²) in [7, 11) is 5.96. The smallest absolute Gasteiger partial charge is 0.295 e. The zero-order valence-corrected chi connectivity index (χ0v) is 19.7. The van der Waals surface area contributed by atoms with Crippen LogP contribution in [0.1, 0.15) is 31.0 Å². The molecule has 1 aliphatic rings. The number of aliphatic hydroxyl groups is 1. The van der Waals surface area contributed by atoms with Gasteiger partial charge in [0, 0.05) is 12.6 Å². The van der Waals surface area contributed by atoms with Crippen LogP contribution in [0.5, 0.6) is 23.0 Å². The number of benzene rings is 2. The first kappa shape index (κ1) is 24.0. The van der Waals surface area contributed by atoms with Crippen molar-refractivity contribution >= 4 is 17.4 Å². The number of amides is 1. The molecule has 0 aliphatic carbocycles. The molecule has 3 rings (SSSR count). The zero-order valence-electron chi connectivity index (χ0n) is 19.7. The molecule has 33 heavy (non-hydrogen) atoms. The third-order valence-electron chi connectivity index (χ3n) is 5.39. The summed E-state index contributed by atoms with van der Waals surface area (Å²) in [5, 5.41) is 11.1. The van der Waals surface area contributed by atoms with Gasteiger partial charge in [-0.05, 0) is 47.9 Å². The second-order valence-corrected chi connectivity index (χ2v) is 8.10. The summed E-state index contributed by atoms with van der Waals surface area (Å²) < 4.78 is 21.9. The van der Waals surface area contributed by atoms with Crippen molar-refractivity contribution in [1.29, 1.82) is 0 Å². The van der Waals surface area contributed by atoms with Gasteiger partial charge in [0.2, 0.25) is 5.75 Å². The van der Waals surface area contributed by atoms with Gasteiger partial charge >= 0.3 is 0 Å². The monoisotopic (exact) mass is 455 g/mol. The van der Waals surface area contributed by atoms with Crippen molar-refractivity contribution in [2.75, 3.05) is 35.0 Å². The molecular formula is C25H29NO7. The first-order valence-corrected chi connectivity index (χ1v) is 10.5. The van der Waals surface area contributed by atoms with Crippen LogP contribution in [-0.2, 0) is 9.59 Å². The first-order valence-electron chi connectivity index (χ1n) is 10.5. The van der Waals surface area contributed by atoms with Gasteiger partial charge in [0.15, 0.2) is 11.5 Å². The number of likely N-dealkylation sites (tertiary alicyclic amines) is 1. The van der Waals surface area contributed by atoms with Gasteiger partial charge in [0.25, 0.3) is 11.7 Å². The van der Waals surface area contributed by atoms with Gasteiger partial charge in [-0.3, -0.25) is 9.59 Å². The van der Waals surface area contributed by atoms with E-state index < -0.39 is 17.7 Å². The molecule has 0 saturated carbocycles. The molecule has 1 N–H and O–H groups in total. The van der Waals surface area contributed by atoms with E-state index in [1.54, 1.807) is 36.4 Å². The lowest BCUT2D eigenvalue weighted by atomic mass is 9.95. The summed E-state index contributed by atoms with van der Waals surface area (Å²) in [5.41, 5.74) is 0.910. The van der Waals surface area contributed by atoms with Gasteiger partial charge in [-0.2, -0.15) is 0 Å². The predicted molar refractivity (Wildman–Crippen MR) is 123 cm³/mol. The number of carbonyl (C=O) groups is 2. The Hall–Kier alpha value is -3.68. The fourth-order valence-electron chi connectivity index (χ4n) is 3.72. The summed E-state index contributed by atoms with van der Waals surface area (Å²) in [6.45, 7) is 4.66. The minimum atomic E-state index is -0.837. The fraction of sp³-hybridized carbons (Fsp3) is 0.360. The van der Waals surface area contributed by atoms with Crippen LogP contribution >= 0.6 is 0 Å². The Morgan fingerprint density at radius 2 is 1.58 bits per heavy atom. The van der Waals surface area contributed by atoms with Crippen molar-refractivity contribution in [2.45, 2.75) is 19.9 Å². The number of likely N-dealkylation sites (N-methyl/N-ethyl adjacent to an activating group) is 1. The summed E-state index contributed by atoms with van der Waals surface area (Å²) in [4.78, 5) is 26.8. The van der Waals surface area contributed by atoms with E-state index in [0.717, 1.165) is 0 Å². The van der Waals surface area contributed by atoms with Crippen LogP contribution in [-0.4, -0.2) is 56.7 Å². The average Bonchev–Trinajstić information content (AvgIpc) is 3.05. The number of ketones is 1. The van der Waals surface area contributed by atoms with Crippen molar-refractivity contribution in [3.05, 3.63) is 53.1 Å². The van der Waals surface area contributed by atoms with Gasteiger partial charge in [-0.15, -0.1) is 0 Å². The van der Waals surface area contributed by atoms with Crippen molar-refractivity contribution in [1.82, 2.24) is 4.90 Å². The summed E-state index contributed by atoms with van der Waals surface area (Å²) in [5.74, 6) is 0.395. The molecule has 2 aromatic rings. The first-order chi connectivity index (χ1) is 15.7. The summed E-state index contributed by atoms with van der Waals surface area (Å²) >= 11 is 0. The predicted octanol–water partition coefficient (Wildman–Crippen LogP) is 3.80. The minimum Gasteiger partial charge on any atom is -0.507 e. The summed E-state index contributed by atoms with van der Waals surface area (Å²) in [6.07, 6.45) is 0. The second-order valence-electron chi connectivity index (χ2n) is 8.10.